The molecule has 0 aliphatic heterocycles. The van der Waals surface area contributed by atoms with Crippen LogP contribution in [0.25, 0.3) is 0 Å². The van der Waals surface area contributed by atoms with Crippen molar-refractivity contribution in [1.29, 1.82) is 0 Å². The van der Waals surface area contributed by atoms with Gasteiger partial charge in [-0.2, -0.15) is 5.10 Å². The van der Waals surface area contributed by atoms with Crippen molar-refractivity contribution in [3.05, 3.63) is 16.4 Å². The average molecular weight is 304 g/mol. The Balaban J connectivity index is 2.70. The summed E-state index contributed by atoms with van der Waals surface area (Å²) in [7, 11) is 1.64. The molecule has 0 fully saturated rings. The van der Waals surface area contributed by atoms with Gasteiger partial charge in [-0.3, -0.25) is 9.48 Å². The lowest BCUT2D eigenvalue weighted by Gasteiger charge is -2.11. The molecule has 1 aromatic heterocycles. The van der Waals surface area contributed by atoms with Crippen molar-refractivity contribution in [3.8, 4) is 0 Å². The number of ketones is 1. The fourth-order valence-electron chi connectivity index (χ4n) is 1.60. The van der Waals surface area contributed by atoms with Crippen molar-refractivity contribution in [3.63, 3.8) is 0 Å². The second-order valence-electron chi connectivity index (χ2n) is 3.76. The molecule has 1 heterocycles. The van der Waals surface area contributed by atoms with Crippen LogP contribution in [0.5, 0.6) is 0 Å². The lowest BCUT2D eigenvalue weighted by molar-refractivity contribution is 0.0939. The first-order chi connectivity index (χ1) is 8.11. The molecule has 0 saturated heterocycles. The lowest BCUT2D eigenvalue weighted by atomic mass is 10.1. The van der Waals surface area contributed by atoms with E-state index in [1.54, 1.807) is 18.0 Å². The summed E-state index contributed by atoms with van der Waals surface area (Å²) < 4.78 is 7.29. The molecule has 5 nitrogen and oxygen atoms in total. The van der Waals surface area contributed by atoms with Crippen LogP contribution in [0.1, 0.15) is 30.3 Å². The minimum Gasteiger partial charge on any atom is -0.385 e. The number of rotatable bonds is 7. The van der Waals surface area contributed by atoms with Crippen molar-refractivity contribution >= 4 is 21.7 Å². The maximum Gasteiger partial charge on any atom is 0.198 e. The van der Waals surface area contributed by atoms with Gasteiger partial charge >= 0.3 is 0 Å². The quantitative estimate of drug-likeness (QED) is 0.613. The number of nitrogens with two attached hydrogens (primary N) is 1. The molecule has 0 amide bonds. The van der Waals surface area contributed by atoms with Gasteiger partial charge in [0.05, 0.1) is 16.7 Å². The number of carbonyl (C=O) groups excluding carboxylic acids is 1. The van der Waals surface area contributed by atoms with Crippen molar-refractivity contribution in [2.75, 3.05) is 13.7 Å². The van der Waals surface area contributed by atoms with Crippen molar-refractivity contribution in [2.24, 2.45) is 5.73 Å². The molecule has 1 unspecified atom stereocenters. The number of halogens is 1. The van der Waals surface area contributed by atoms with Gasteiger partial charge in [0.2, 0.25) is 0 Å². The minimum atomic E-state index is -0.497. The van der Waals surface area contributed by atoms with Gasteiger partial charge in [-0.15, -0.1) is 0 Å². The Bertz CT molecular complexity index is 379. The first-order valence-corrected chi connectivity index (χ1v) is 6.41. The van der Waals surface area contributed by atoms with E-state index in [0.29, 0.717) is 29.7 Å². The van der Waals surface area contributed by atoms with Crippen LogP contribution in [0.4, 0.5) is 0 Å². The largest absolute Gasteiger partial charge is 0.385 e. The zero-order chi connectivity index (χ0) is 12.8. The molecule has 1 rings (SSSR count). The van der Waals surface area contributed by atoms with Gasteiger partial charge in [0, 0.05) is 20.3 Å². The van der Waals surface area contributed by atoms with Crippen LogP contribution in [-0.4, -0.2) is 35.3 Å². The molecular weight excluding hydrogens is 286 g/mol. The number of ether oxygens (including phenoxy) is 1. The summed E-state index contributed by atoms with van der Waals surface area (Å²) in [6.45, 7) is 3.21. The smallest absolute Gasteiger partial charge is 0.198 e. The molecular formula is C11H18BrN3O2. The predicted octanol–water partition coefficient (Wildman–Crippen LogP) is 1.60. The van der Waals surface area contributed by atoms with Gasteiger partial charge in [0.1, 0.15) is 5.69 Å². The molecule has 1 aromatic rings. The molecule has 0 bridgehead atoms. The molecule has 1 atom stereocenters. The van der Waals surface area contributed by atoms with Crippen molar-refractivity contribution in [2.45, 2.75) is 32.4 Å². The summed E-state index contributed by atoms with van der Waals surface area (Å²) >= 11 is 3.32. The molecule has 96 valence electrons. The summed E-state index contributed by atoms with van der Waals surface area (Å²) in [4.78, 5) is 12.1. The SMILES string of the molecule is CCn1ncc(Br)c1C(=O)C(N)CCCOC. The van der Waals surface area contributed by atoms with Crippen LogP contribution in [0.2, 0.25) is 0 Å². The molecule has 0 saturated carbocycles. The number of aromatic nitrogens is 2. The van der Waals surface area contributed by atoms with Crippen LogP contribution >= 0.6 is 15.9 Å². The maximum atomic E-state index is 12.1. The summed E-state index contributed by atoms with van der Waals surface area (Å²) in [5.74, 6) is -0.0765. The monoisotopic (exact) mass is 303 g/mol. The minimum absolute atomic E-state index is 0.0765. The number of Topliss-reactive ketones (excluding diaryl/α,β-unsaturated/α-hetero) is 1. The van der Waals surface area contributed by atoms with E-state index in [4.69, 9.17) is 10.5 Å². The first kappa shape index (κ1) is 14.3. The Morgan fingerprint density at radius 3 is 3.00 bits per heavy atom. The average Bonchev–Trinajstić information content (AvgIpc) is 2.69. The van der Waals surface area contributed by atoms with E-state index in [9.17, 15) is 4.79 Å². The Morgan fingerprint density at radius 1 is 1.71 bits per heavy atom. The number of hydrogen-bond acceptors (Lipinski definition) is 4. The fourth-order valence-corrected chi connectivity index (χ4v) is 2.09. The second-order valence-corrected chi connectivity index (χ2v) is 4.62. The van der Waals surface area contributed by atoms with E-state index in [0.717, 1.165) is 6.42 Å². The Morgan fingerprint density at radius 2 is 2.41 bits per heavy atom. The highest BCUT2D eigenvalue weighted by Crippen LogP contribution is 2.18. The van der Waals surface area contributed by atoms with E-state index < -0.39 is 6.04 Å². The topological polar surface area (TPSA) is 70.1 Å². The van der Waals surface area contributed by atoms with Crippen molar-refractivity contribution in [1.82, 2.24) is 9.78 Å². The third kappa shape index (κ3) is 3.62. The molecule has 2 N–H and O–H groups in total. The molecule has 0 aliphatic carbocycles. The van der Waals surface area contributed by atoms with Crippen LogP contribution in [0, 0.1) is 0 Å². The van der Waals surface area contributed by atoms with E-state index in [2.05, 4.69) is 21.0 Å². The first-order valence-electron chi connectivity index (χ1n) is 5.61. The number of methoxy groups -OCH3 is 1. The van der Waals surface area contributed by atoms with Crippen molar-refractivity contribution < 1.29 is 9.53 Å². The van der Waals surface area contributed by atoms with Gasteiger partial charge in [0.15, 0.2) is 5.78 Å². The third-order valence-electron chi connectivity index (χ3n) is 2.53. The molecule has 0 radical (unpaired) electrons. The van der Waals surface area contributed by atoms with Gasteiger partial charge in [-0.25, -0.2) is 0 Å². The summed E-state index contributed by atoms with van der Waals surface area (Å²) in [5, 5.41) is 4.10. The molecule has 17 heavy (non-hydrogen) atoms. The second kappa shape index (κ2) is 6.88. The fraction of sp³-hybridized carbons (Fsp3) is 0.636. The number of carbonyl (C=O) groups is 1. The predicted molar refractivity (Wildman–Crippen MR) is 69.0 cm³/mol. The lowest BCUT2D eigenvalue weighted by Crippen LogP contribution is -2.32. The standard InChI is InChI=1S/C11H18BrN3O2/c1-3-15-10(8(12)7-14-15)11(16)9(13)5-4-6-17-2/h7,9H,3-6,13H2,1-2H3. The zero-order valence-corrected chi connectivity index (χ0v) is 11.7. The highest BCUT2D eigenvalue weighted by Gasteiger charge is 2.22. The summed E-state index contributed by atoms with van der Waals surface area (Å²) in [6, 6.07) is -0.497. The number of aryl methyl sites for hydroxylation is 1. The van der Waals surface area contributed by atoms with Crippen LogP contribution in [0.3, 0.4) is 0 Å². The molecule has 0 aromatic carbocycles. The Hall–Kier alpha value is -0.720. The third-order valence-corrected chi connectivity index (χ3v) is 3.11. The van der Waals surface area contributed by atoms with Gasteiger partial charge in [0.25, 0.3) is 0 Å². The summed E-state index contributed by atoms with van der Waals surface area (Å²) in [5.41, 5.74) is 6.43. The normalized spacial score (nSPS) is 12.7. The number of nitrogens with zero attached hydrogens (tertiary/aromatic N) is 2. The van der Waals surface area contributed by atoms with Gasteiger partial charge in [-0.05, 0) is 35.7 Å². The van der Waals surface area contributed by atoms with E-state index in [1.807, 2.05) is 6.92 Å². The molecule has 6 heteroatoms. The van der Waals surface area contributed by atoms with E-state index in [-0.39, 0.29) is 5.78 Å². The van der Waals surface area contributed by atoms with Gasteiger partial charge < -0.3 is 10.5 Å². The van der Waals surface area contributed by atoms with Gasteiger partial charge in [-0.1, -0.05) is 0 Å². The highest BCUT2D eigenvalue weighted by atomic mass is 79.9. The maximum absolute atomic E-state index is 12.1. The molecule has 0 spiro atoms. The van der Waals surface area contributed by atoms with Crippen LogP contribution in [-0.2, 0) is 11.3 Å². The zero-order valence-electron chi connectivity index (χ0n) is 10.1. The van der Waals surface area contributed by atoms with E-state index >= 15 is 0 Å². The summed E-state index contributed by atoms with van der Waals surface area (Å²) in [6.07, 6.45) is 3.02. The van der Waals surface area contributed by atoms with E-state index in [1.165, 1.54) is 0 Å². The Labute approximate surface area is 109 Å². The molecule has 0 aliphatic rings. The van der Waals surface area contributed by atoms with Crippen LogP contribution < -0.4 is 5.73 Å². The Kier molecular flexibility index (Phi) is 5.80. The van der Waals surface area contributed by atoms with Crippen LogP contribution in [0.15, 0.2) is 10.7 Å². The highest BCUT2D eigenvalue weighted by molar-refractivity contribution is 9.10. The number of hydrogen-bond donors (Lipinski definition) is 1.